The van der Waals surface area contributed by atoms with Crippen molar-refractivity contribution >= 4 is 29.9 Å². The number of hydrogen-bond acceptors (Lipinski definition) is 4. The average molecular weight is 550 g/mol. The van der Waals surface area contributed by atoms with Gasteiger partial charge in [-0.2, -0.15) is 0 Å². The second kappa shape index (κ2) is 13.3. The minimum absolute atomic E-state index is 0. The second-order valence-corrected chi connectivity index (χ2v) is 7.97. The molecule has 0 amide bonds. The third kappa shape index (κ3) is 8.02. The van der Waals surface area contributed by atoms with Crippen LogP contribution in [0.1, 0.15) is 25.3 Å². The Morgan fingerprint density at radius 1 is 1.09 bits per heavy atom. The number of piperidine rings is 1. The van der Waals surface area contributed by atoms with E-state index in [0.717, 1.165) is 49.7 Å². The van der Waals surface area contributed by atoms with Crippen molar-refractivity contribution in [2.24, 2.45) is 4.99 Å². The highest BCUT2D eigenvalue weighted by Crippen LogP contribution is 2.30. The molecule has 32 heavy (non-hydrogen) atoms. The first-order valence-electron chi connectivity index (χ1n) is 10.8. The fourth-order valence-corrected chi connectivity index (χ4v) is 3.70. The Bertz CT molecular complexity index is 878. The van der Waals surface area contributed by atoms with Gasteiger partial charge in [0.2, 0.25) is 0 Å². The average Bonchev–Trinajstić information content (AvgIpc) is 2.78. The van der Waals surface area contributed by atoms with Gasteiger partial charge in [-0.1, -0.05) is 36.4 Å². The van der Waals surface area contributed by atoms with Crippen molar-refractivity contribution in [2.75, 3.05) is 33.8 Å². The maximum Gasteiger partial charge on any atom is 0.191 e. The molecule has 0 atom stereocenters. The molecule has 1 saturated heterocycles. The van der Waals surface area contributed by atoms with E-state index in [9.17, 15) is 0 Å². The zero-order valence-electron chi connectivity index (χ0n) is 19.3. The molecule has 1 aliphatic rings. The summed E-state index contributed by atoms with van der Waals surface area (Å²) in [6.45, 7) is 9.99. The first kappa shape index (κ1) is 26.0. The quantitative estimate of drug-likeness (QED) is 0.214. The number of benzene rings is 2. The van der Waals surface area contributed by atoms with Gasteiger partial charge >= 0.3 is 0 Å². The van der Waals surface area contributed by atoms with Crippen LogP contribution < -0.4 is 20.1 Å². The summed E-state index contributed by atoms with van der Waals surface area (Å²) in [5.74, 6) is 3.04. The molecule has 0 spiro atoms. The van der Waals surface area contributed by atoms with Crippen LogP contribution in [0.2, 0.25) is 0 Å². The summed E-state index contributed by atoms with van der Waals surface area (Å²) in [6.07, 6.45) is 2.23. The third-order valence-corrected chi connectivity index (χ3v) is 5.33. The van der Waals surface area contributed by atoms with E-state index in [1.807, 2.05) is 43.4 Å². The Hall–Kier alpha value is -2.26. The van der Waals surface area contributed by atoms with Crippen molar-refractivity contribution in [3.8, 4) is 17.2 Å². The Kier molecular flexibility index (Phi) is 10.8. The van der Waals surface area contributed by atoms with Crippen molar-refractivity contribution < 1.29 is 9.47 Å². The lowest BCUT2D eigenvalue weighted by atomic mass is 10.0. The van der Waals surface area contributed by atoms with Gasteiger partial charge < -0.3 is 20.1 Å². The number of likely N-dealkylation sites (tertiary alicyclic amines) is 1. The van der Waals surface area contributed by atoms with Gasteiger partial charge in [0, 0.05) is 39.3 Å². The summed E-state index contributed by atoms with van der Waals surface area (Å²) in [6, 6.07) is 16.1. The van der Waals surface area contributed by atoms with Crippen molar-refractivity contribution in [1.82, 2.24) is 15.5 Å². The topological polar surface area (TPSA) is 58.1 Å². The van der Waals surface area contributed by atoms with Gasteiger partial charge in [0.1, 0.15) is 5.75 Å². The molecule has 0 radical (unpaired) electrons. The second-order valence-electron chi connectivity index (χ2n) is 7.97. The Morgan fingerprint density at radius 3 is 2.34 bits per heavy atom. The molecule has 0 unspecified atom stereocenters. The van der Waals surface area contributed by atoms with E-state index >= 15 is 0 Å². The number of para-hydroxylation sites is 2. The van der Waals surface area contributed by atoms with Gasteiger partial charge in [-0.15, -0.1) is 24.0 Å². The molecule has 2 aromatic rings. The van der Waals surface area contributed by atoms with E-state index in [2.05, 4.69) is 46.2 Å². The van der Waals surface area contributed by atoms with Gasteiger partial charge in [0.15, 0.2) is 17.5 Å². The van der Waals surface area contributed by atoms with Crippen LogP contribution in [0.25, 0.3) is 0 Å². The molecule has 1 aliphatic heterocycles. The molecule has 2 aromatic carbocycles. The van der Waals surface area contributed by atoms with Crippen molar-refractivity contribution in [3.05, 3.63) is 66.2 Å². The normalized spacial score (nSPS) is 14.9. The number of methoxy groups -OCH3 is 1. The molecule has 3 rings (SSSR count). The third-order valence-electron chi connectivity index (χ3n) is 5.33. The monoisotopic (exact) mass is 550 g/mol. The van der Waals surface area contributed by atoms with Crippen LogP contribution in [-0.4, -0.2) is 50.7 Å². The van der Waals surface area contributed by atoms with Crippen LogP contribution >= 0.6 is 24.0 Å². The highest BCUT2D eigenvalue weighted by atomic mass is 127. The molecule has 0 saturated carbocycles. The van der Waals surface area contributed by atoms with Crippen LogP contribution in [0.15, 0.2) is 65.7 Å². The summed E-state index contributed by atoms with van der Waals surface area (Å²) >= 11 is 0. The minimum atomic E-state index is 0. The molecule has 2 N–H and O–H groups in total. The number of guanidine groups is 1. The molecule has 0 aromatic heterocycles. The molecular weight excluding hydrogens is 515 g/mol. The molecule has 0 bridgehead atoms. The van der Waals surface area contributed by atoms with Gasteiger partial charge in [-0.25, -0.2) is 0 Å². The summed E-state index contributed by atoms with van der Waals surface area (Å²) in [5.41, 5.74) is 2.38. The van der Waals surface area contributed by atoms with Crippen LogP contribution in [0, 0.1) is 0 Å². The highest BCUT2D eigenvalue weighted by Gasteiger charge is 2.19. The van der Waals surface area contributed by atoms with Crippen LogP contribution in [-0.2, 0) is 6.54 Å². The van der Waals surface area contributed by atoms with E-state index in [-0.39, 0.29) is 24.0 Å². The van der Waals surface area contributed by atoms with E-state index in [1.165, 1.54) is 5.57 Å². The molecule has 1 heterocycles. The van der Waals surface area contributed by atoms with E-state index in [4.69, 9.17) is 9.47 Å². The molecule has 7 heteroatoms. The Morgan fingerprint density at radius 2 is 1.75 bits per heavy atom. The van der Waals surface area contributed by atoms with Crippen LogP contribution in [0.4, 0.5) is 0 Å². The SMILES string of the molecule is C=C(C)CN1CCC(NC(=NC)NCc2ccc(Oc3ccccc3OC)cc2)CC1.I. The van der Waals surface area contributed by atoms with Crippen LogP contribution in [0.3, 0.4) is 0 Å². The molecule has 1 fully saturated rings. The zero-order valence-corrected chi connectivity index (χ0v) is 21.6. The van der Waals surface area contributed by atoms with E-state index in [1.54, 1.807) is 7.11 Å². The van der Waals surface area contributed by atoms with Crippen molar-refractivity contribution in [1.29, 1.82) is 0 Å². The fourth-order valence-electron chi connectivity index (χ4n) is 3.70. The first-order chi connectivity index (χ1) is 15.1. The van der Waals surface area contributed by atoms with Gasteiger partial charge in [-0.3, -0.25) is 9.89 Å². The highest BCUT2D eigenvalue weighted by molar-refractivity contribution is 14.0. The lowest BCUT2D eigenvalue weighted by Crippen LogP contribution is -2.48. The summed E-state index contributed by atoms with van der Waals surface area (Å²) in [5, 5.41) is 6.97. The zero-order chi connectivity index (χ0) is 22.1. The lowest BCUT2D eigenvalue weighted by molar-refractivity contribution is 0.221. The largest absolute Gasteiger partial charge is 0.493 e. The van der Waals surface area contributed by atoms with Gasteiger partial charge in [0.05, 0.1) is 7.11 Å². The summed E-state index contributed by atoms with van der Waals surface area (Å²) in [7, 11) is 3.46. The van der Waals surface area contributed by atoms with Gasteiger partial charge in [0.25, 0.3) is 0 Å². The number of rotatable bonds is 8. The van der Waals surface area contributed by atoms with Gasteiger partial charge in [-0.05, 0) is 49.6 Å². The van der Waals surface area contributed by atoms with Crippen molar-refractivity contribution in [3.63, 3.8) is 0 Å². The maximum absolute atomic E-state index is 5.94. The molecule has 0 aliphatic carbocycles. The Balaban J connectivity index is 0.00000363. The van der Waals surface area contributed by atoms with E-state index in [0.29, 0.717) is 24.1 Å². The maximum atomic E-state index is 5.94. The standard InChI is InChI=1S/C25H34N4O2.HI/c1-19(2)18-29-15-13-21(14-16-29)28-25(26-3)27-17-20-9-11-22(12-10-20)31-24-8-6-5-7-23(24)30-4;/h5-12,21H,1,13-18H2,2-4H3,(H2,26,27,28);1H. The number of nitrogens with zero attached hydrogens (tertiary/aromatic N) is 2. The number of halogens is 1. The number of hydrogen-bond donors (Lipinski definition) is 2. The number of aliphatic imine (C=N–C) groups is 1. The molecule has 6 nitrogen and oxygen atoms in total. The van der Waals surface area contributed by atoms with Crippen molar-refractivity contribution in [2.45, 2.75) is 32.4 Å². The predicted molar refractivity (Wildman–Crippen MR) is 143 cm³/mol. The number of nitrogens with one attached hydrogen (secondary N) is 2. The summed E-state index contributed by atoms with van der Waals surface area (Å²) < 4.78 is 11.3. The first-order valence-corrected chi connectivity index (χ1v) is 10.8. The molecular formula is C25H35IN4O2. The minimum Gasteiger partial charge on any atom is -0.493 e. The predicted octanol–water partition coefficient (Wildman–Crippen LogP) is 4.81. The molecule has 174 valence electrons. The number of ether oxygens (including phenoxy) is 2. The van der Waals surface area contributed by atoms with E-state index < -0.39 is 0 Å². The smallest absolute Gasteiger partial charge is 0.191 e. The summed E-state index contributed by atoms with van der Waals surface area (Å²) in [4.78, 5) is 6.85. The fraction of sp³-hybridized carbons (Fsp3) is 0.400. The Labute approximate surface area is 209 Å². The van der Waals surface area contributed by atoms with Crippen LogP contribution in [0.5, 0.6) is 17.2 Å². The lowest BCUT2D eigenvalue weighted by Gasteiger charge is -2.33.